The van der Waals surface area contributed by atoms with Crippen LogP contribution in [0.15, 0.2) is 12.5 Å². The van der Waals surface area contributed by atoms with Crippen LogP contribution in [0, 0.1) is 11.8 Å². The number of imidazole rings is 1. The lowest BCUT2D eigenvalue weighted by molar-refractivity contribution is -0.129. The van der Waals surface area contributed by atoms with Crippen LogP contribution in [0.2, 0.25) is 0 Å². The molecule has 0 saturated heterocycles. The van der Waals surface area contributed by atoms with Gasteiger partial charge in [0.25, 0.3) is 0 Å². The van der Waals surface area contributed by atoms with Crippen LogP contribution in [0.25, 0.3) is 0 Å². The third-order valence-corrected chi connectivity index (χ3v) is 2.97. The van der Waals surface area contributed by atoms with Gasteiger partial charge in [-0.1, -0.05) is 20.8 Å². The fourth-order valence-corrected chi connectivity index (χ4v) is 1.87. The van der Waals surface area contributed by atoms with Gasteiger partial charge in [0.2, 0.25) is 0 Å². The predicted molar refractivity (Wildman–Crippen MR) is 68.9 cm³/mol. The summed E-state index contributed by atoms with van der Waals surface area (Å²) in [6.45, 7) is 5.46. The van der Waals surface area contributed by atoms with E-state index in [2.05, 4.69) is 9.97 Å². The van der Waals surface area contributed by atoms with Gasteiger partial charge in [-0.3, -0.25) is 9.59 Å². The molecule has 2 atom stereocenters. The van der Waals surface area contributed by atoms with Gasteiger partial charge in [-0.15, -0.1) is 0 Å². The van der Waals surface area contributed by atoms with Crippen molar-refractivity contribution in [2.75, 3.05) is 0 Å². The molecule has 3 N–H and O–H groups in total. The van der Waals surface area contributed by atoms with Crippen LogP contribution in [0.5, 0.6) is 0 Å². The van der Waals surface area contributed by atoms with Crippen LogP contribution in [-0.2, 0) is 16.0 Å². The first-order valence-electron chi connectivity index (χ1n) is 6.21. The Morgan fingerprint density at radius 2 is 2.06 bits per heavy atom. The molecule has 0 aliphatic rings. The summed E-state index contributed by atoms with van der Waals surface area (Å²) >= 11 is 0. The monoisotopic (exact) mass is 251 g/mol. The number of nitrogens with one attached hydrogen (secondary N) is 1. The number of aromatic nitrogens is 2. The summed E-state index contributed by atoms with van der Waals surface area (Å²) in [5.74, 6) is -0.273. The molecule has 100 valence electrons. The van der Waals surface area contributed by atoms with E-state index in [4.69, 9.17) is 5.73 Å². The normalized spacial score (nSPS) is 14.5. The molecule has 0 aliphatic heterocycles. The van der Waals surface area contributed by atoms with Crippen molar-refractivity contribution < 1.29 is 9.59 Å². The molecule has 0 saturated carbocycles. The summed E-state index contributed by atoms with van der Waals surface area (Å²) in [5.41, 5.74) is 6.66. The van der Waals surface area contributed by atoms with Crippen molar-refractivity contribution in [3.05, 3.63) is 18.2 Å². The largest absolute Gasteiger partial charge is 0.348 e. The maximum absolute atomic E-state index is 11.9. The maximum atomic E-state index is 11.9. The molecule has 18 heavy (non-hydrogen) atoms. The molecule has 5 heteroatoms. The molecular weight excluding hydrogens is 230 g/mol. The second-order valence-corrected chi connectivity index (χ2v) is 5.02. The van der Waals surface area contributed by atoms with E-state index in [0.29, 0.717) is 6.42 Å². The van der Waals surface area contributed by atoms with Crippen LogP contribution in [-0.4, -0.2) is 27.6 Å². The molecule has 1 heterocycles. The predicted octanol–water partition coefficient (Wildman–Crippen LogP) is 1.10. The van der Waals surface area contributed by atoms with Gasteiger partial charge in [0.1, 0.15) is 5.78 Å². The Hall–Kier alpha value is -1.49. The summed E-state index contributed by atoms with van der Waals surface area (Å²) in [4.78, 5) is 30.4. The van der Waals surface area contributed by atoms with Gasteiger partial charge in [-0.05, 0) is 0 Å². The lowest BCUT2D eigenvalue weighted by Crippen LogP contribution is -2.35. The summed E-state index contributed by atoms with van der Waals surface area (Å²) in [6, 6.07) is -0.576. The number of hydrogen-bond donors (Lipinski definition) is 2. The van der Waals surface area contributed by atoms with E-state index in [1.807, 2.05) is 13.8 Å². The van der Waals surface area contributed by atoms with Crippen LogP contribution in [0.1, 0.15) is 32.9 Å². The quantitative estimate of drug-likeness (QED) is 0.759. The van der Waals surface area contributed by atoms with Gasteiger partial charge in [-0.25, -0.2) is 4.98 Å². The van der Waals surface area contributed by atoms with Crippen LogP contribution in [0.4, 0.5) is 0 Å². The van der Waals surface area contributed by atoms with Crippen LogP contribution < -0.4 is 5.73 Å². The van der Waals surface area contributed by atoms with Crippen molar-refractivity contribution in [3.63, 3.8) is 0 Å². The second-order valence-electron chi connectivity index (χ2n) is 5.02. The first-order valence-corrected chi connectivity index (χ1v) is 6.21. The first kappa shape index (κ1) is 14.6. The number of Topliss-reactive ketones (excluding diaryl/α,β-unsaturated/α-hetero) is 2. The highest BCUT2D eigenvalue weighted by molar-refractivity contribution is 5.91. The number of nitrogens with zero attached hydrogens (tertiary/aromatic N) is 1. The molecule has 0 spiro atoms. The van der Waals surface area contributed by atoms with Gasteiger partial charge < -0.3 is 10.7 Å². The van der Waals surface area contributed by atoms with Gasteiger partial charge >= 0.3 is 0 Å². The Bertz CT molecular complexity index is 398. The molecule has 1 aromatic rings. The highest BCUT2D eigenvalue weighted by Crippen LogP contribution is 2.12. The number of carbonyl (C=O) groups excluding carboxylic acids is 2. The molecule has 0 radical (unpaired) electrons. The highest BCUT2D eigenvalue weighted by atomic mass is 16.1. The van der Waals surface area contributed by atoms with Crippen molar-refractivity contribution in [3.8, 4) is 0 Å². The Morgan fingerprint density at radius 3 is 2.56 bits per heavy atom. The molecule has 0 unspecified atom stereocenters. The van der Waals surface area contributed by atoms with E-state index in [9.17, 15) is 9.59 Å². The average Bonchev–Trinajstić information content (AvgIpc) is 2.80. The lowest BCUT2D eigenvalue weighted by atomic mass is 9.90. The minimum absolute atomic E-state index is 0.0448. The van der Waals surface area contributed by atoms with E-state index < -0.39 is 6.04 Å². The van der Waals surface area contributed by atoms with Crippen molar-refractivity contribution in [2.45, 2.75) is 39.7 Å². The zero-order valence-electron chi connectivity index (χ0n) is 11.1. The summed E-state index contributed by atoms with van der Waals surface area (Å²) in [7, 11) is 0. The third kappa shape index (κ3) is 4.07. The van der Waals surface area contributed by atoms with E-state index in [-0.39, 0.29) is 29.8 Å². The average molecular weight is 251 g/mol. The van der Waals surface area contributed by atoms with Crippen molar-refractivity contribution in [2.24, 2.45) is 17.6 Å². The van der Waals surface area contributed by atoms with Gasteiger partial charge in [0.15, 0.2) is 5.78 Å². The van der Waals surface area contributed by atoms with E-state index in [1.165, 1.54) is 0 Å². The van der Waals surface area contributed by atoms with E-state index >= 15 is 0 Å². The standard InChI is InChI=1S/C13H21N3O2/c1-8(2)13(18)9(3)4-12(17)11(14)5-10-6-15-7-16-10/h6-9,11H,4-5,14H2,1-3H3,(H,15,16)/t9-,11+/m1/s1. The summed E-state index contributed by atoms with van der Waals surface area (Å²) in [6.07, 6.45) is 3.85. The fourth-order valence-electron chi connectivity index (χ4n) is 1.87. The fraction of sp³-hybridized carbons (Fsp3) is 0.615. The smallest absolute Gasteiger partial charge is 0.150 e. The highest BCUT2D eigenvalue weighted by Gasteiger charge is 2.23. The minimum Gasteiger partial charge on any atom is -0.348 e. The second kappa shape index (κ2) is 6.44. The van der Waals surface area contributed by atoms with E-state index in [0.717, 1.165) is 5.69 Å². The zero-order valence-corrected chi connectivity index (χ0v) is 11.1. The molecule has 0 amide bonds. The number of carbonyl (C=O) groups is 2. The van der Waals surface area contributed by atoms with Crippen molar-refractivity contribution in [1.82, 2.24) is 9.97 Å². The molecule has 5 nitrogen and oxygen atoms in total. The number of ketones is 2. The summed E-state index contributed by atoms with van der Waals surface area (Å²) < 4.78 is 0. The Morgan fingerprint density at radius 1 is 1.39 bits per heavy atom. The number of hydrogen-bond acceptors (Lipinski definition) is 4. The number of rotatable bonds is 7. The third-order valence-electron chi connectivity index (χ3n) is 2.97. The maximum Gasteiger partial charge on any atom is 0.150 e. The molecule has 1 aromatic heterocycles. The Labute approximate surface area is 107 Å². The topological polar surface area (TPSA) is 88.8 Å². The van der Waals surface area contributed by atoms with Gasteiger partial charge in [-0.2, -0.15) is 0 Å². The number of aromatic amines is 1. The SMILES string of the molecule is CC(C)C(=O)[C@H](C)CC(=O)[C@@H](N)Cc1cnc[nH]1. The zero-order chi connectivity index (χ0) is 13.7. The number of nitrogens with two attached hydrogens (primary N) is 1. The molecule has 0 fully saturated rings. The van der Waals surface area contributed by atoms with E-state index in [1.54, 1.807) is 19.4 Å². The van der Waals surface area contributed by atoms with Crippen LogP contribution in [0.3, 0.4) is 0 Å². The summed E-state index contributed by atoms with van der Waals surface area (Å²) in [5, 5.41) is 0. The van der Waals surface area contributed by atoms with Gasteiger partial charge in [0.05, 0.1) is 12.4 Å². The van der Waals surface area contributed by atoms with Crippen molar-refractivity contribution >= 4 is 11.6 Å². The molecule has 0 bridgehead atoms. The molecular formula is C13H21N3O2. The minimum atomic E-state index is -0.576. The molecule has 0 aromatic carbocycles. The Balaban J connectivity index is 2.47. The van der Waals surface area contributed by atoms with Crippen molar-refractivity contribution in [1.29, 1.82) is 0 Å². The molecule has 0 aliphatic carbocycles. The lowest BCUT2D eigenvalue weighted by Gasteiger charge is -2.15. The van der Waals surface area contributed by atoms with Gasteiger partial charge in [0, 0.05) is 36.6 Å². The number of H-pyrrole nitrogens is 1. The molecule has 1 rings (SSSR count). The Kier molecular flexibility index (Phi) is 5.22. The first-order chi connectivity index (χ1) is 8.41. The van der Waals surface area contributed by atoms with Crippen LogP contribution >= 0.6 is 0 Å².